The summed E-state index contributed by atoms with van der Waals surface area (Å²) in [6, 6.07) is 12.0. The number of benzene rings is 1. The van der Waals surface area contributed by atoms with Gasteiger partial charge in [0.25, 0.3) is 0 Å². The lowest BCUT2D eigenvalue weighted by atomic mass is 10.1. The zero-order valence-corrected chi connectivity index (χ0v) is 10.4. The summed E-state index contributed by atoms with van der Waals surface area (Å²) >= 11 is 0. The molecule has 4 heteroatoms. The molecular weight excluding hydrogens is 248 g/mol. The highest BCUT2D eigenvalue weighted by atomic mass is 14.9. The van der Waals surface area contributed by atoms with E-state index in [0.717, 1.165) is 43.9 Å². The van der Waals surface area contributed by atoms with Gasteiger partial charge < -0.3 is 0 Å². The first-order chi connectivity index (χ1) is 9.92. The highest BCUT2D eigenvalue weighted by Crippen LogP contribution is 2.30. The molecule has 0 radical (unpaired) electrons. The standard InChI is InChI=1S/C16H8N4/c1-2-6-11-9(4-1)13-12(19-11)8-18-14-10-5-3-7-17-16(10)20-15(13)14/h1-8H. The molecule has 0 amide bonds. The van der Waals surface area contributed by atoms with Gasteiger partial charge in [0.05, 0.1) is 17.2 Å². The van der Waals surface area contributed by atoms with E-state index < -0.39 is 0 Å². The normalized spacial score (nSPS) is 12.8. The van der Waals surface area contributed by atoms with E-state index in [1.165, 1.54) is 0 Å². The van der Waals surface area contributed by atoms with Crippen LogP contribution >= 0.6 is 0 Å². The largest absolute Gasteiger partial charge is 0.252 e. The molecule has 2 aliphatic heterocycles. The van der Waals surface area contributed by atoms with Gasteiger partial charge in [0.1, 0.15) is 11.1 Å². The molecule has 0 aliphatic carbocycles. The molecule has 0 bridgehead atoms. The third kappa shape index (κ3) is 1.11. The summed E-state index contributed by atoms with van der Waals surface area (Å²) in [5, 5.41) is 4.07. The fourth-order valence-electron chi connectivity index (χ4n) is 2.84. The van der Waals surface area contributed by atoms with Gasteiger partial charge in [-0.2, -0.15) is 0 Å². The molecule has 20 heavy (non-hydrogen) atoms. The van der Waals surface area contributed by atoms with Crippen LogP contribution in [0, 0.1) is 10.4 Å². The Balaban J connectivity index is 2.08. The smallest absolute Gasteiger partial charge is 0.162 e. The minimum Gasteiger partial charge on any atom is -0.252 e. The minimum absolute atomic E-state index is 0.743. The van der Waals surface area contributed by atoms with Crippen molar-refractivity contribution in [2.75, 3.05) is 0 Å². The van der Waals surface area contributed by atoms with Gasteiger partial charge in [0.15, 0.2) is 5.82 Å². The van der Waals surface area contributed by atoms with E-state index in [2.05, 4.69) is 26.0 Å². The summed E-state index contributed by atoms with van der Waals surface area (Å²) < 4.78 is 0. The van der Waals surface area contributed by atoms with Gasteiger partial charge in [-0.25, -0.2) is 15.0 Å². The monoisotopic (exact) mass is 256 g/mol. The van der Waals surface area contributed by atoms with Crippen LogP contribution in [0.2, 0.25) is 0 Å². The average Bonchev–Trinajstić information content (AvgIpc) is 3.04. The Morgan fingerprint density at radius 1 is 0.850 bits per heavy atom. The molecule has 0 saturated carbocycles. The number of fused-ring (bicyclic) bond motifs is 6. The maximum absolute atomic E-state index is 4.65. The van der Waals surface area contributed by atoms with Gasteiger partial charge in [-0.05, 0) is 18.2 Å². The maximum atomic E-state index is 4.65. The third-order valence-electron chi connectivity index (χ3n) is 3.71. The first-order valence-electron chi connectivity index (χ1n) is 6.43. The molecule has 3 aromatic rings. The molecule has 5 rings (SSSR count). The van der Waals surface area contributed by atoms with Crippen molar-refractivity contribution in [3.63, 3.8) is 0 Å². The summed E-state index contributed by atoms with van der Waals surface area (Å²) in [5.41, 5.74) is 2.79. The number of aromatic nitrogens is 2. The van der Waals surface area contributed by atoms with E-state index in [1.54, 1.807) is 6.20 Å². The molecule has 0 saturated heterocycles. The fourth-order valence-corrected chi connectivity index (χ4v) is 2.84. The number of pyridine rings is 2. The van der Waals surface area contributed by atoms with Crippen LogP contribution in [0.1, 0.15) is 0 Å². The van der Waals surface area contributed by atoms with Crippen molar-refractivity contribution >= 4 is 11.5 Å². The molecular formula is C16H8N4. The molecule has 4 nitrogen and oxygen atoms in total. The molecule has 92 valence electrons. The second-order valence-corrected chi connectivity index (χ2v) is 4.83. The van der Waals surface area contributed by atoms with Crippen LogP contribution in [0.5, 0.6) is 0 Å². The Labute approximate surface area is 113 Å². The van der Waals surface area contributed by atoms with Gasteiger partial charge in [0.2, 0.25) is 0 Å². The van der Waals surface area contributed by atoms with Gasteiger partial charge >= 0.3 is 0 Å². The first kappa shape index (κ1) is 9.97. The SMILES string of the molecule is c1cnc2c(c1)-c1ncc3c(c1=N2)=c1ccccc1=N3. The lowest BCUT2D eigenvalue weighted by Crippen LogP contribution is -2.07. The van der Waals surface area contributed by atoms with Crippen molar-refractivity contribution in [1.82, 2.24) is 9.97 Å². The van der Waals surface area contributed by atoms with Crippen molar-refractivity contribution in [3.8, 4) is 11.3 Å². The molecule has 0 N–H and O–H groups in total. The highest BCUT2D eigenvalue weighted by Gasteiger charge is 2.19. The molecule has 2 aromatic heterocycles. The molecule has 0 spiro atoms. The second kappa shape index (κ2) is 3.36. The van der Waals surface area contributed by atoms with Crippen molar-refractivity contribution in [3.05, 3.63) is 69.9 Å². The van der Waals surface area contributed by atoms with Crippen LogP contribution in [-0.4, -0.2) is 9.97 Å². The van der Waals surface area contributed by atoms with E-state index in [0.29, 0.717) is 0 Å². The lowest BCUT2D eigenvalue weighted by molar-refractivity contribution is 1.23. The predicted octanol–water partition coefficient (Wildman–Crippen LogP) is 1.96. The van der Waals surface area contributed by atoms with Gasteiger partial charge in [-0.3, -0.25) is 4.98 Å². The maximum Gasteiger partial charge on any atom is 0.162 e. The highest BCUT2D eigenvalue weighted by molar-refractivity contribution is 5.74. The summed E-state index contributed by atoms with van der Waals surface area (Å²) in [4.78, 5) is 18.1. The van der Waals surface area contributed by atoms with Crippen molar-refractivity contribution in [2.45, 2.75) is 0 Å². The van der Waals surface area contributed by atoms with E-state index >= 15 is 0 Å². The zero-order valence-electron chi connectivity index (χ0n) is 10.4. The van der Waals surface area contributed by atoms with Gasteiger partial charge in [-0.15, -0.1) is 0 Å². The number of nitrogens with zero attached hydrogens (tertiary/aromatic N) is 4. The van der Waals surface area contributed by atoms with Crippen molar-refractivity contribution in [2.24, 2.45) is 9.98 Å². The number of hydrogen-bond donors (Lipinski definition) is 0. The van der Waals surface area contributed by atoms with Crippen LogP contribution in [0.15, 0.2) is 58.8 Å². The molecule has 0 fully saturated rings. The van der Waals surface area contributed by atoms with Gasteiger partial charge in [0, 0.05) is 22.2 Å². The van der Waals surface area contributed by atoms with E-state index in [9.17, 15) is 0 Å². The summed E-state index contributed by atoms with van der Waals surface area (Å²) in [5.74, 6) is 0.743. The Morgan fingerprint density at radius 3 is 2.80 bits per heavy atom. The summed E-state index contributed by atoms with van der Waals surface area (Å²) in [6.07, 6.45) is 3.58. The quantitative estimate of drug-likeness (QED) is 0.425. The zero-order chi connectivity index (χ0) is 13.1. The van der Waals surface area contributed by atoms with Gasteiger partial charge in [-0.1, -0.05) is 18.2 Å². The van der Waals surface area contributed by atoms with E-state index in [1.807, 2.05) is 36.5 Å². The van der Waals surface area contributed by atoms with Crippen LogP contribution < -0.4 is 10.7 Å². The second-order valence-electron chi connectivity index (χ2n) is 4.83. The molecule has 0 unspecified atom stereocenters. The molecule has 4 heterocycles. The Bertz CT molecular complexity index is 1100. The summed E-state index contributed by atoms with van der Waals surface area (Å²) in [7, 11) is 0. The Hall–Kier alpha value is -2.88. The predicted molar refractivity (Wildman–Crippen MR) is 73.2 cm³/mol. The lowest BCUT2D eigenvalue weighted by Gasteiger charge is -1.96. The molecule has 0 atom stereocenters. The number of rotatable bonds is 0. The van der Waals surface area contributed by atoms with E-state index in [4.69, 9.17) is 0 Å². The molecule has 1 aromatic carbocycles. The number of para-hydroxylation sites is 1. The fraction of sp³-hybridized carbons (Fsp3) is 0. The third-order valence-corrected chi connectivity index (χ3v) is 3.71. The average molecular weight is 256 g/mol. The summed E-state index contributed by atoms with van der Waals surface area (Å²) in [6.45, 7) is 0. The van der Waals surface area contributed by atoms with Crippen LogP contribution in [0.25, 0.3) is 11.3 Å². The first-order valence-corrected chi connectivity index (χ1v) is 6.43. The van der Waals surface area contributed by atoms with Crippen LogP contribution in [-0.2, 0) is 0 Å². The number of hydrogen-bond acceptors (Lipinski definition) is 4. The van der Waals surface area contributed by atoms with E-state index in [-0.39, 0.29) is 0 Å². The topological polar surface area (TPSA) is 50.5 Å². The Morgan fingerprint density at radius 2 is 1.80 bits per heavy atom. The molecule has 2 aliphatic rings. The van der Waals surface area contributed by atoms with Crippen LogP contribution in [0.4, 0.5) is 11.5 Å². The minimum atomic E-state index is 0.743. The Kier molecular flexibility index (Phi) is 1.68. The van der Waals surface area contributed by atoms with Crippen molar-refractivity contribution in [1.29, 1.82) is 0 Å². The van der Waals surface area contributed by atoms with Crippen LogP contribution in [0.3, 0.4) is 0 Å². The van der Waals surface area contributed by atoms with Crippen molar-refractivity contribution < 1.29 is 0 Å².